The average molecular weight is 333 g/mol. The summed E-state index contributed by atoms with van der Waals surface area (Å²) in [5, 5.41) is 3.40. The highest BCUT2D eigenvalue weighted by Crippen LogP contribution is 2.25. The molecule has 24 heavy (non-hydrogen) atoms. The van der Waals surface area contributed by atoms with Crippen molar-refractivity contribution in [2.45, 2.75) is 12.5 Å². The van der Waals surface area contributed by atoms with Crippen LogP contribution in [0.1, 0.15) is 18.0 Å². The van der Waals surface area contributed by atoms with Crippen LogP contribution in [0.2, 0.25) is 0 Å². The molecular formula is C18H27N3O3. The Balaban J connectivity index is 1.61. The molecule has 1 unspecified atom stereocenters. The predicted molar refractivity (Wildman–Crippen MR) is 92.2 cm³/mol. The molecule has 3 rings (SSSR count). The third-order valence-corrected chi connectivity index (χ3v) is 4.81. The summed E-state index contributed by atoms with van der Waals surface area (Å²) in [6, 6.07) is 8.12. The second-order valence-electron chi connectivity index (χ2n) is 6.28. The SMILES string of the molecule is COc1ccc(C2CNCCN2C(=O)CCN2CCOCC2)cc1. The molecular weight excluding hydrogens is 306 g/mol. The average Bonchev–Trinajstić information content (AvgIpc) is 2.67. The molecule has 0 aromatic heterocycles. The van der Waals surface area contributed by atoms with Crippen molar-refractivity contribution in [2.75, 3.05) is 59.6 Å². The molecule has 2 heterocycles. The Morgan fingerprint density at radius 2 is 2.00 bits per heavy atom. The van der Waals surface area contributed by atoms with Gasteiger partial charge in [-0.3, -0.25) is 9.69 Å². The van der Waals surface area contributed by atoms with Crippen LogP contribution in [0.4, 0.5) is 0 Å². The van der Waals surface area contributed by atoms with Crippen molar-refractivity contribution in [3.8, 4) is 5.75 Å². The second-order valence-corrected chi connectivity index (χ2v) is 6.28. The van der Waals surface area contributed by atoms with Crippen LogP contribution in [0.15, 0.2) is 24.3 Å². The Morgan fingerprint density at radius 1 is 1.25 bits per heavy atom. The topological polar surface area (TPSA) is 54.0 Å². The summed E-state index contributed by atoms with van der Waals surface area (Å²) in [5.41, 5.74) is 1.16. The number of ether oxygens (including phenoxy) is 2. The Morgan fingerprint density at radius 3 is 2.71 bits per heavy atom. The fourth-order valence-corrected chi connectivity index (χ4v) is 3.35. The van der Waals surface area contributed by atoms with Crippen LogP contribution in [-0.2, 0) is 9.53 Å². The van der Waals surface area contributed by atoms with E-state index < -0.39 is 0 Å². The first-order valence-corrected chi connectivity index (χ1v) is 8.72. The molecule has 132 valence electrons. The molecule has 0 radical (unpaired) electrons. The molecule has 1 amide bonds. The van der Waals surface area contributed by atoms with Gasteiger partial charge in [0.15, 0.2) is 0 Å². The maximum atomic E-state index is 12.8. The van der Waals surface area contributed by atoms with E-state index in [1.165, 1.54) is 0 Å². The lowest BCUT2D eigenvalue weighted by Gasteiger charge is -2.37. The van der Waals surface area contributed by atoms with Crippen molar-refractivity contribution < 1.29 is 14.3 Å². The minimum Gasteiger partial charge on any atom is -0.497 e. The molecule has 2 fully saturated rings. The van der Waals surface area contributed by atoms with Crippen molar-refractivity contribution in [3.05, 3.63) is 29.8 Å². The number of methoxy groups -OCH3 is 1. The normalized spacial score (nSPS) is 22.4. The van der Waals surface area contributed by atoms with Crippen LogP contribution in [0.3, 0.4) is 0 Å². The number of morpholine rings is 1. The van der Waals surface area contributed by atoms with Crippen molar-refractivity contribution >= 4 is 5.91 Å². The number of carbonyl (C=O) groups is 1. The Kier molecular flexibility index (Phi) is 6.07. The Hall–Kier alpha value is -1.63. The Bertz CT molecular complexity index is 529. The molecule has 1 aromatic rings. The van der Waals surface area contributed by atoms with Gasteiger partial charge in [0.05, 0.1) is 26.4 Å². The summed E-state index contributed by atoms with van der Waals surface area (Å²) in [7, 11) is 1.67. The van der Waals surface area contributed by atoms with Crippen LogP contribution in [0.25, 0.3) is 0 Å². The number of hydrogen-bond donors (Lipinski definition) is 1. The number of benzene rings is 1. The van der Waals surface area contributed by atoms with Crippen LogP contribution >= 0.6 is 0 Å². The number of nitrogens with one attached hydrogen (secondary N) is 1. The van der Waals surface area contributed by atoms with Crippen LogP contribution in [0, 0.1) is 0 Å². The lowest BCUT2D eigenvalue weighted by molar-refractivity contribution is -0.135. The summed E-state index contributed by atoms with van der Waals surface area (Å²) in [5.74, 6) is 1.08. The van der Waals surface area contributed by atoms with Crippen LogP contribution in [0.5, 0.6) is 5.75 Å². The van der Waals surface area contributed by atoms with Gasteiger partial charge in [0.25, 0.3) is 0 Å². The number of piperazine rings is 1. The third kappa shape index (κ3) is 4.26. The lowest BCUT2D eigenvalue weighted by atomic mass is 10.0. The van der Waals surface area contributed by atoms with Crippen molar-refractivity contribution in [1.29, 1.82) is 0 Å². The first-order valence-electron chi connectivity index (χ1n) is 8.72. The largest absolute Gasteiger partial charge is 0.497 e. The van der Waals surface area contributed by atoms with Gasteiger partial charge in [0.1, 0.15) is 5.75 Å². The van der Waals surface area contributed by atoms with Gasteiger partial charge < -0.3 is 19.7 Å². The van der Waals surface area contributed by atoms with E-state index in [-0.39, 0.29) is 11.9 Å². The minimum absolute atomic E-state index is 0.0989. The number of carbonyl (C=O) groups excluding carboxylic acids is 1. The summed E-state index contributed by atoms with van der Waals surface area (Å²) in [4.78, 5) is 17.1. The van der Waals surface area contributed by atoms with Crippen molar-refractivity contribution in [1.82, 2.24) is 15.1 Å². The van der Waals surface area contributed by atoms with E-state index in [2.05, 4.69) is 22.3 Å². The first-order chi connectivity index (χ1) is 11.8. The smallest absolute Gasteiger partial charge is 0.224 e. The fraction of sp³-hybridized carbons (Fsp3) is 0.611. The highest BCUT2D eigenvalue weighted by atomic mass is 16.5. The third-order valence-electron chi connectivity index (χ3n) is 4.81. The molecule has 1 aromatic carbocycles. The summed E-state index contributed by atoms with van der Waals surface area (Å²) in [6.07, 6.45) is 0.576. The number of amides is 1. The van der Waals surface area contributed by atoms with E-state index >= 15 is 0 Å². The molecule has 0 aliphatic carbocycles. The van der Waals surface area contributed by atoms with E-state index in [0.717, 1.165) is 63.8 Å². The molecule has 6 heteroatoms. The first kappa shape index (κ1) is 17.2. The van der Waals surface area contributed by atoms with Gasteiger partial charge in [0, 0.05) is 45.7 Å². The van der Waals surface area contributed by atoms with E-state index in [4.69, 9.17) is 9.47 Å². The van der Waals surface area contributed by atoms with Gasteiger partial charge in [-0.05, 0) is 17.7 Å². The molecule has 6 nitrogen and oxygen atoms in total. The molecule has 2 aliphatic rings. The van der Waals surface area contributed by atoms with E-state index in [1.807, 2.05) is 17.0 Å². The maximum Gasteiger partial charge on any atom is 0.224 e. The van der Waals surface area contributed by atoms with E-state index in [1.54, 1.807) is 7.11 Å². The van der Waals surface area contributed by atoms with Crippen LogP contribution in [-0.4, -0.2) is 75.3 Å². The molecule has 0 spiro atoms. The Labute approximate surface area is 143 Å². The maximum absolute atomic E-state index is 12.8. The molecule has 0 saturated carbocycles. The van der Waals surface area contributed by atoms with Gasteiger partial charge in [0.2, 0.25) is 5.91 Å². The van der Waals surface area contributed by atoms with Gasteiger partial charge in [-0.2, -0.15) is 0 Å². The zero-order valence-corrected chi connectivity index (χ0v) is 14.4. The summed E-state index contributed by atoms with van der Waals surface area (Å²) < 4.78 is 10.6. The molecule has 1 atom stereocenters. The van der Waals surface area contributed by atoms with Gasteiger partial charge in [-0.1, -0.05) is 12.1 Å². The standard InChI is InChI=1S/C18H27N3O3/c1-23-16-4-2-15(3-5-16)17-14-19-7-9-21(17)18(22)6-8-20-10-12-24-13-11-20/h2-5,17,19H,6-14H2,1H3. The molecule has 2 saturated heterocycles. The van der Waals surface area contributed by atoms with Gasteiger partial charge in [-0.25, -0.2) is 0 Å². The zero-order valence-electron chi connectivity index (χ0n) is 14.4. The second kappa shape index (κ2) is 8.46. The molecule has 2 aliphatic heterocycles. The zero-order chi connectivity index (χ0) is 16.8. The summed E-state index contributed by atoms with van der Waals surface area (Å²) >= 11 is 0. The predicted octanol–water partition coefficient (Wildman–Crippen LogP) is 0.890. The van der Waals surface area contributed by atoms with Gasteiger partial charge >= 0.3 is 0 Å². The van der Waals surface area contributed by atoms with Crippen LogP contribution < -0.4 is 10.1 Å². The highest BCUT2D eigenvalue weighted by molar-refractivity contribution is 5.77. The highest BCUT2D eigenvalue weighted by Gasteiger charge is 2.28. The van der Waals surface area contributed by atoms with Gasteiger partial charge in [-0.15, -0.1) is 0 Å². The number of hydrogen-bond acceptors (Lipinski definition) is 5. The molecule has 1 N–H and O–H groups in total. The van der Waals surface area contributed by atoms with Crippen molar-refractivity contribution in [2.24, 2.45) is 0 Å². The van der Waals surface area contributed by atoms with E-state index in [9.17, 15) is 4.79 Å². The number of rotatable bonds is 5. The fourth-order valence-electron chi connectivity index (χ4n) is 3.35. The molecule has 0 bridgehead atoms. The van der Waals surface area contributed by atoms with E-state index in [0.29, 0.717) is 6.42 Å². The summed E-state index contributed by atoms with van der Waals surface area (Å²) in [6.45, 7) is 6.64. The quantitative estimate of drug-likeness (QED) is 0.867. The number of nitrogens with zero attached hydrogens (tertiary/aromatic N) is 2. The lowest BCUT2D eigenvalue weighted by Crippen LogP contribution is -2.49. The minimum atomic E-state index is 0.0989. The monoisotopic (exact) mass is 333 g/mol. The van der Waals surface area contributed by atoms with Crippen molar-refractivity contribution in [3.63, 3.8) is 0 Å².